The summed E-state index contributed by atoms with van der Waals surface area (Å²) in [5, 5.41) is 0.590. The summed E-state index contributed by atoms with van der Waals surface area (Å²) in [4.78, 5) is 0. The fourth-order valence-electron chi connectivity index (χ4n) is 1.97. The third-order valence-corrected chi connectivity index (χ3v) is 3.38. The van der Waals surface area contributed by atoms with Gasteiger partial charge in [-0.25, -0.2) is 8.78 Å². The van der Waals surface area contributed by atoms with Crippen LogP contribution in [0.2, 0.25) is 5.02 Å². The van der Waals surface area contributed by atoms with Gasteiger partial charge in [-0.15, -0.1) is 0 Å². The maximum absolute atomic E-state index is 13.6. The maximum atomic E-state index is 13.6. The molecule has 0 aliphatic rings. The van der Waals surface area contributed by atoms with Gasteiger partial charge in [-0.05, 0) is 36.6 Å². The molecule has 0 amide bonds. The molecule has 0 aliphatic carbocycles. The van der Waals surface area contributed by atoms with Crippen LogP contribution in [0.4, 0.5) is 8.78 Å². The molecule has 0 aromatic heterocycles. The SMILES string of the molecule is Cc1ccc(CC(N)c2cccc(F)c2F)c(Cl)c1. The molecule has 1 unspecified atom stereocenters. The molecule has 4 heteroatoms. The van der Waals surface area contributed by atoms with Crippen molar-refractivity contribution in [3.05, 3.63) is 69.7 Å². The van der Waals surface area contributed by atoms with E-state index in [9.17, 15) is 8.78 Å². The van der Waals surface area contributed by atoms with Gasteiger partial charge in [0.1, 0.15) is 0 Å². The van der Waals surface area contributed by atoms with E-state index in [4.69, 9.17) is 17.3 Å². The Morgan fingerprint density at radius 1 is 1.21 bits per heavy atom. The second-order valence-corrected chi connectivity index (χ2v) is 4.96. The molecule has 2 rings (SSSR count). The van der Waals surface area contributed by atoms with Crippen LogP contribution in [0.15, 0.2) is 36.4 Å². The minimum Gasteiger partial charge on any atom is -0.324 e. The van der Waals surface area contributed by atoms with Gasteiger partial charge in [0, 0.05) is 16.6 Å². The Labute approximate surface area is 116 Å². The Kier molecular flexibility index (Phi) is 4.17. The molecule has 2 aromatic carbocycles. The highest BCUT2D eigenvalue weighted by molar-refractivity contribution is 6.31. The van der Waals surface area contributed by atoms with Crippen molar-refractivity contribution in [2.24, 2.45) is 5.73 Å². The average molecular weight is 282 g/mol. The minimum atomic E-state index is -0.891. The van der Waals surface area contributed by atoms with Crippen molar-refractivity contribution >= 4 is 11.6 Å². The third kappa shape index (κ3) is 3.11. The summed E-state index contributed by atoms with van der Waals surface area (Å²) in [6, 6.07) is 8.98. The molecule has 2 N–H and O–H groups in total. The van der Waals surface area contributed by atoms with E-state index < -0.39 is 17.7 Å². The second-order valence-electron chi connectivity index (χ2n) is 4.55. The lowest BCUT2D eigenvalue weighted by molar-refractivity contribution is 0.488. The Morgan fingerprint density at radius 3 is 2.63 bits per heavy atom. The zero-order chi connectivity index (χ0) is 14.0. The summed E-state index contributed by atoms with van der Waals surface area (Å²) >= 11 is 6.11. The first kappa shape index (κ1) is 14.0. The lowest BCUT2D eigenvalue weighted by Crippen LogP contribution is -2.16. The highest BCUT2D eigenvalue weighted by Gasteiger charge is 2.16. The monoisotopic (exact) mass is 281 g/mol. The van der Waals surface area contributed by atoms with Crippen LogP contribution in [-0.4, -0.2) is 0 Å². The summed E-state index contributed by atoms with van der Waals surface area (Å²) in [7, 11) is 0. The number of aryl methyl sites for hydroxylation is 1. The number of hydrogen-bond acceptors (Lipinski definition) is 1. The molecule has 1 nitrogen and oxygen atoms in total. The topological polar surface area (TPSA) is 26.0 Å². The normalized spacial score (nSPS) is 12.5. The number of hydrogen-bond donors (Lipinski definition) is 1. The predicted molar refractivity (Wildman–Crippen MR) is 73.2 cm³/mol. The molecular weight excluding hydrogens is 268 g/mol. The second kappa shape index (κ2) is 5.68. The van der Waals surface area contributed by atoms with Gasteiger partial charge in [0.05, 0.1) is 0 Å². The largest absolute Gasteiger partial charge is 0.324 e. The molecule has 1 atom stereocenters. The number of nitrogens with two attached hydrogens (primary N) is 1. The minimum absolute atomic E-state index is 0.164. The fourth-order valence-corrected chi connectivity index (χ4v) is 2.28. The maximum Gasteiger partial charge on any atom is 0.163 e. The van der Waals surface area contributed by atoms with Crippen LogP contribution in [0, 0.1) is 18.6 Å². The number of halogens is 3. The Balaban J connectivity index is 2.25. The van der Waals surface area contributed by atoms with E-state index in [0.29, 0.717) is 11.4 Å². The molecule has 0 radical (unpaired) electrons. The summed E-state index contributed by atoms with van der Waals surface area (Å²) in [6.45, 7) is 1.93. The van der Waals surface area contributed by atoms with E-state index in [-0.39, 0.29) is 5.56 Å². The van der Waals surface area contributed by atoms with Crippen LogP contribution >= 0.6 is 11.6 Å². The van der Waals surface area contributed by atoms with Crippen molar-refractivity contribution < 1.29 is 8.78 Å². The first-order valence-electron chi connectivity index (χ1n) is 5.93. The lowest BCUT2D eigenvalue weighted by Gasteiger charge is -2.14. The zero-order valence-electron chi connectivity index (χ0n) is 10.5. The molecule has 0 saturated carbocycles. The highest BCUT2D eigenvalue weighted by Crippen LogP contribution is 2.25. The van der Waals surface area contributed by atoms with Gasteiger partial charge in [-0.2, -0.15) is 0 Å². The van der Waals surface area contributed by atoms with Crippen LogP contribution in [0.5, 0.6) is 0 Å². The van der Waals surface area contributed by atoms with Gasteiger partial charge in [-0.1, -0.05) is 35.9 Å². The van der Waals surface area contributed by atoms with Gasteiger partial charge >= 0.3 is 0 Å². The first-order chi connectivity index (χ1) is 8.99. The van der Waals surface area contributed by atoms with Crippen LogP contribution < -0.4 is 5.73 Å². The van der Waals surface area contributed by atoms with E-state index in [1.807, 2.05) is 25.1 Å². The molecule has 0 heterocycles. The number of benzene rings is 2. The van der Waals surface area contributed by atoms with E-state index in [2.05, 4.69) is 0 Å². The molecule has 100 valence electrons. The van der Waals surface area contributed by atoms with Gasteiger partial charge in [-0.3, -0.25) is 0 Å². The summed E-state index contributed by atoms with van der Waals surface area (Å²) in [5.74, 6) is -1.78. The van der Waals surface area contributed by atoms with Crippen LogP contribution in [0.3, 0.4) is 0 Å². The zero-order valence-corrected chi connectivity index (χ0v) is 11.2. The van der Waals surface area contributed by atoms with Crippen molar-refractivity contribution in [1.82, 2.24) is 0 Å². The lowest BCUT2D eigenvalue weighted by atomic mass is 9.98. The quantitative estimate of drug-likeness (QED) is 0.898. The van der Waals surface area contributed by atoms with Crippen LogP contribution in [0.25, 0.3) is 0 Å². The predicted octanol–water partition coefficient (Wildman–Crippen LogP) is 4.17. The van der Waals surface area contributed by atoms with Gasteiger partial charge < -0.3 is 5.73 Å². The molecule has 19 heavy (non-hydrogen) atoms. The van der Waals surface area contributed by atoms with E-state index in [1.165, 1.54) is 12.1 Å². The third-order valence-electron chi connectivity index (χ3n) is 3.03. The molecule has 0 fully saturated rings. The standard InChI is InChI=1S/C15H14ClF2N/c1-9-5-6-10(12(16)7-9)8-14(19)11-3-2-4-13(17)15(11)18/h2-7,14H,8,19H2,1H3. The Morgan fingerprint density at radius 2 is 1.95 bits per heavy atom. The smallest absolute Gasteiger partial charge is 0.163 e. The van der Waals surface area contributed by atoms with Crippen molar-refractivity contribution in [2.45, 2.75) is 19.4 Å². The average Bonchev–Trinajstić information content (AvgIpc) is 2.36. The van der Waals surface area contributed by atoms with Crippen LogP contribution in [-0.2, 0) is 6.42 Å². The molecule has 0 saturated heterocycles. The Bertz CT molecular complexity index is 599. The summed E-state index contributed by atoms with van der Waals surface area (Å²) in [6.07, 6.45) is 0.361. The fraction of sp³-hybridized carbons (Fsp3) is 0.200. The molecule has 2 aromatic rings. The van der Waals surface area contributed by atoms with E-state index in [1.54, 1.807) is 0 Å². The summed E-state index contributed by atoms with van der Waals surface area (Å²) < 4.78 is 26.8. The van der Waals surface area contributed by atoms with E-state index >= 15 is 0 Å². The van der Waals surface area contributed by atoms with Gasteiger partial charge in [0.15, 0.2) is 11.6 Å². The van der Waals surface area contributed by atoms with Gasteiger partial charge in [0.25, 0.3) is 0 Å². The molecule has 0 bridgehead atoms. The van der Waals surface area contributed by atoms with Crippen molar-refractivity contribution in [3.8, 4) is 0 Å². The first-order valence-corrected chi connectivity index (χ1v) is 6.31. The molecule has 0 spiro atoms. The Hall–Kier alpha value is -1.45. The number of rotatable bonds is 3. The van der Waals surface area contributed by atoms with Crippen molar-refractivity contribution in [2.75, 3.05) is 0 Å². The van der Waals surface area contributed by atoms with Gasteiger partial charge in [0.2, 0.25) is 0 Å². The van der Waals surface area contributed by atoms with E-state index in [0.717, 1.165) is 17.2 Å². The highest BCUT2D eigenvalue weighted by atomic mass is 35.5. The van der Waals surface area contributed by atoms with Crippen molar-refractivity contribution in [3.63, 3.8) is 0 Å². The molecular formula is C15H14ClF2N. The molecule has 0 aliphatic heterocycles. The van der Waals surface area contributed by atoms with Crippen LogP contribution in [0.1, 0.15) is 22.7 Å². The summed E-state index contributed by atoms with van der Waals surface area (Å²) in [5.41, 5.74) is 7.97. The van der Waals surface area contributed by atoms with Crippen molar-refractivity contribution in [1.29, 1.82) is 0 Å².